The van der Waals surface area contributed by atoms with E-state index >= 15 is 0 Å². The highest BCUT2D eigenvalue weighted by atomic mass is 16.6. The molecule has 0 N–H and O–H groups in total. The molecule has 0 radical (unpaired) electrons. The van der Waals surface area contributed by atoms with Crippen molar-refractivity contribution in [3.8, 4) is 5.75 Å². The zero-order valence-electron chi connectivity index (χ0n) is 10.5. The number of fused-ring (bicyclic) bond motifs is 1. The van der Waals surface area contributed by atoms with Gasteiger partial charge in [-0.3, -0.25) is 0 Å². The van der Waals surface area contributed by atoms with Gasteiger partial charge in [-0.1, -0.05) is 6.92 Å². The van der Waals surface area contributed by atoms with Crippen LogP contribution in [0, 0.1) is 0 Å². The third-order valence-electron chi connectivity index (χ3n) is 2.42. The van der Waals surface area contributed by atoms with Crippen LogP contribution in [0.4, 0.5) is 0 Å². The van der Waals surface area contributed by atoms with Crippen LogP contribution in [0.2, 0.25) is 0 Å². The maximum Gasteiger partial charge on any atom is 0.344 e. The van der Waals surface area contributed by atoms with Gasteiger partial charge in [0.1, 0.15) is 11.3 Å². The molecule has 0 spiro atoms. The smallest absolute Gasteiger partial charge is 0.344 e. The first-order valence-electron chi connectivity index (χ1n) is 6.01. The molecule has 5 nitrogen and oxygen atoms in total. The number of ether oxygens (including phenoxy) is 2. The number of hydrogen-bond acceptors (Lipinski definition) is 5. The van der Waals surface area contributed by atoms with Gasteiger partial charge in [-0.05, 0) is 24.6 Å². The second kappa shape index (κ2) is 6.04. The molecule has 0 bridgehead atoms. The average molecular weight is 262 g/mol. The molecule has 0 saturated carbocycles. The van der Waals surface area contributed by atoms with Crippen LogP contribution in [0.25, 0.3) is 11.0 Å². The largest absolute Gasteiger partial charge is 0.482 e. The number of rotatable bonds is 5. The third kappa shape index (κ3) is 3.58. The van der Waals surface area contributed by atoms with E-state index in [-0.39, 0.29) is 6.61 Å². The molecule has 0 aliphatic rings. The van der Waals surface area contributed by atoms with Gasteiger partial charge in [0.05, 0.1) is 6.61 Å². The maximum absolute atomic E-state index is 11.3. The molecule has 0 aliphatic carbocycles. The Morgan fingerprint density at radius 3 is 2.84 bits per heavy atom. The van der Waals surface area contributed by atoms with Gasteiger partial charge in [-0.25, -0.2) is 9.59 Å². The van der Waals surface area contributed by atoms with E-state index in [1.54, 1.807) is 24.3 Å². The molecule has 100 valence electrons. The highest BCUT2D eigenvalue weighted by molar-refractivity contribution is 5.78. The molecule has 0 unspecified atom stereocenters. The molecule has 0 fully saturated rings. The minimum atomic E-state index is -0.424. The lowest BCUT2D eigenvalue weighted by Gasteiger charge is -2.06. The third-order valence-corrected chi connectivity index (χ3v) is 2.42. The first-order valence-corrected chi connectivity index (χ1v) is 6.01. The lowest BCUT2D eigenvalue weighted by Crippen LogP contribution is -2.15. The van der Waals surface area contributed by atoms with E-state index in [0.717, 1.165) is 11.8 Å². The van der Waals surface area contributed by atoms with Gasteiger partial charge >= 0.3 is 11.6 Å². The summed E-state index contributed by atoms with van der Waals surface area (Å²) in [4.78, 5) is 22.4. The molecular weight excluding hydrogens is 248 g/mol. The van der Waals surface area contributed by atoms with Crippen molar-refractivity contribution in [1.82, 2.24) is 0 Å². The molecule has 1 aromatic heterocycles. The molecule has 0 atom stereocenters. The van der Waals surface area contributed by atoms with Crippen LogP contribution in [0.1, 0.15) is 13.3 Å². The SMILES string of the molecule is CCCOC(=O)COc1ccc2ccc(=O)oc2c1. The quantitative estimate of drug-likeness (QED) is 0.610. The Kier molecular flexibility index (Phi) is 4.18. The first-order chi connectivity index (χ1) is 9.19. The van der Waals surface area contributed by atoms with E-state index in [1.807, 2.05) is 6.92 Å². The van der Waals surface area contributed by atoms with Crippen molar-refractivity contribution in [2.45, 2.75) is 13.3 Å². The van der Waals surface area contributed by atoms with E-state index < -0.39 is 11.6 Å². The zero-order valence-corrected chi connectivity index (χ0v) is 10.5. The number of benzene rings is 1. The van der Waals surface area contributed by atoms with Crippen molar-refractivity contribution in [3.63, 3.8) is 0 Å². The second-order valence-electron chi connectivity index (χ2n) is 3.96. The van der Waals surface area contributed by atoms with Gasteiger partial charge in [0.25, 0.3) is 0 Å². The molecule has 0 amide bonds. The highest BCUT2D eigenvalue weighted by Crippen LogP contribution is 2.19. The van der Waals surface area contributed by atoms with Crippen molar-refractivity contribution in [1.29, 1.82) is 0 Å². The normalized spacial score (nSPS) is 10.4. The molecule has 19 heavy (non-hydrogen) atoms. The van der Waals surface area contributed by atoms with Gasteiger partial charge in [0.2, 0.25) is 0 Å². The summed E-state index contributed by atoms with van der Waals surface area (Å²) in [6, 6.07) is 8.05. The van der Waals surface area contributed by atoms with E-state index in [4.69, 9.17) is 13.9 Å². The standard InChI is InChI=1S/C14H14O5/c1-2-7-17-14(16)9-18-11-5-3-10-4-6-13(15)19-12(10)8-11/h3-6,8H,2,7,9H2,1H3. The summed E-state index contributed by atoms with van der Waals surface area (Å²) < 4.78 is 15.2. The summed E-state index contributed by atoms with van der Waals surface area (Å²) >= 11 is 0. The number of carbonyl (C=O) groups excluding carboxylic acids is 1. The summed E-state index contributed by atoms with van der Waals surface area (Å²) in [5.74, 6) is 0.0340. The van der Waals surface area contributed by atoms with Crippen LogP contribution >= 0.6 is 0 Å². The number of esters is 1. The molecule has 1 aromatic carbocycles. The van der Waals surface area contributed by atoms with Crippen LogP contribution in [0.3, 0.4) is 0 Å². The molecule has 5 heteroatoms. The van der Waals surface area contributed by atoms with Crippen molar-refractivity contribution < 1.29 is 18.7 Å². The van der Waals surface area contributed by atoms with Crippen LogP contribution in [0.15, 0.2) is 39.5 Å². The summed E-state index contributed by atoms with van der Waals surface area (Å²) in [5.41, 5.74) is -0.000990. The van der Waals surface area contributed by atoms with Crippen molar-refractivity contribution >= 4 is 16.9 Å². The summed E-state index contributed by atoms with van der Waals surface area (Å²) in [5, 5.41) is 0.792. The number of carbonyl (C=O) groups is 1. The molecular formula is C14H14O5. The van der Waals surface area contributed by atoms with E-state index in [0.29, 0.717) is 17.9 Å². The Morgan fingerprint density at radius 2 is 2.05 bits per heavy atom. The van der Waals surface area contributed by atoms with Gasteiger partial charge in [-0.15, -0.1) is 0 Å². The monoisotopic (exact) mass is 262 g/mol. The topological polar surface area (TPSA) is 65.7 Å². The Hall–Kier alpha value is -2.30. The zero-order chi connectivity index (χ0) is 13.7. The predicted octanol–water partition coefficient (Wildman–Crippen LogP) is 2.12. The Labute approximate surface area is 109 Å². The van der Waals surface area contributed by atoms with Crippen molar-refractivity contribution in [2.24, 2.45) is 0 Å². The highest BCUT2D eigenvalue weighted by Gasteiger charge is 2.05. The fraction of sp³-hybridized carbons (Fsp3) is 0.286. The molecule has 2 aromatic rings. The van der Waals surface area contributed by atoms with E-state index in [1.165, 1.54) is 6.07 Å². The van der Waals surface area contributed by atoms with E-state index in [9.17, 15) is 9.59 Å². The van der Waals surface area contributed by atoms with Crippen LogP contribution in [0.5, 0.6) is 5.75 Å². The summed E-state index contributed by atoms with van der Waals surface area (Å²) in [6.07, 6.45) is 0.771. The molecule has 1 heterocycles. The maximum atomic E-state index is 11.3. The lowest BCUT2D eigenvalue weighted by molar-refractivity contribution is -0.146. The first kappa shape index (κ1) is 13.1. The van der Waals surface area contributed by atoms with Crippen LogP contribution in [-0.2, 0) is 9.53 Å². The Balaban J connectivity index is 2.05. The Morgan fingerprint density at radius 1 is 1.26 bits per heavy atom. The minimum absolute atomic E-state index is 0.164. The van der Waals surface area contributed by atoms with Gasteiger partial charge < -0.3 is 13.9 Å². The summed E-state index contributed by atoms with van der Waals surface area (Å²) in [6.45, 7) is 2.14. The van der Waals surface area contributed by atoms with Crippen LogP contribution in [-0.4, -0.2) is 19.2 Å². The predicted molar refractivity (Wildman–Crippen MR) is 69.2 cm³/mol. The minimum Gasteiger partial charge on any atom is -0.482 e. The van der Waals surface area contributed by atoms with Gasteiger partial charge in [0, 0.05) is 17.5 Å². The fourth-order valence-electron chi connectivity index (χ4n) is 1.53. The molecule has 0 saturated heterocycles. The van der Waals surface area contributed by atoms with Crippen LogP contribution < -0.4 is 10.4 Å². The van der Waals surface area contributed by atoms with Crippen molar-refractivity contribution in [2.75, 3.05) is 13.2 Å². The average Bonchev–Trinajstić information content (AvgIpc) is 2.42. The van der Waals surface area contributed by atoms with E-state index in [2.05, 4.69) is 0 Å². The lowest BCUT2D eigenvalue weighted by atomic mass is 10.2. The summed E-state index contributed by atoms with van der Waals surface area (Å²) in [7, 11) is 0. The van der Waals surface area contributed by atoms with Gasteiger partial charge in [-0.2, -0.15) is 0 Å². The van der Waals surface area contributed by atoms with Gasteiger partial charge in [0.15, 0.2) is 6.61 Å². The van der Waals surface area contributed by atoms with Crippen molar-refractivity contribution in [3.05, 3.63) is 40.8 Å². The molecule has 2 rings (SSSR count). The molecule has 0 aliphatic heterocycles. The Bertz CT molecular complexity index is 629. The fourth-order valence-corrected chi connectivity index (χ4v) is 1.53. The second-order valence-corrected chi connectivity index (χ2v) is 3.96. The number of hydrogen-bond donors (Lipinski definition) is 0.